The third kappa shape index (κ3) is 3.08. The van der Waals surface area contributed by atoms with Crippen LogP contribution in [0, 0.1) is 6.92 Å². The number of hydrogen-bond acceptors (Lipinski definition) is 4. The van der Waals surface area contributed by atoms with Crippen molar-refractivity contribution in [2.24, 2.45) is 5.14 Å². The molecule has 0 bridgehead atoms. The van der Waals surface area contributed by atoms with Crippen LogP contribution in [0.2, 0.25) is 5.02 Å². The number of rotatable bonds is 3. The summed E-state index contributed by atoms with van der Waals surface area (Å²) in [6.45, 7) is 1.61. The molecule has 104 valence electrons. The first kappa shape index (κ1) is 14.3. The van der Waals surface area contributed by atoms with E-state index in [0.717, 1.165) is 25.3 Å². The molecule has 0 amide bonds. The average Bonchev–Trinajstić information content (AvgIpc) is 2.25. The van der Waals surface area contributed by atoms with Crippen LogP contribution < -0.4 is 5.14 Å². The largest absolute Gasteiger partial charge is 0.459 e. The van der Waals surface area contributed by atoms with Gasteiger partial charge in [0.25, 0.3) is 0 Å². The minimum Gasteiger partial charge on any atom is -0.459 e. The van der Waals surface area contributed by atoms with Crippen molar-refractivity contribution in [1.82, 2.24) is 0 Å². The van der Waals surface area contributed by atoms with E-state index in [0.29, 0.717) is 5.56 Å². The Morgan fingerprint density at radius 3 is 2.53 bits per heavy atom. The molecule has 5 nitrogen and oxygen atoms in total. The van der Waals surface area contributed by atoms with E-state index < -0.39 is 16.0 Å². The van der Waals surface area contributed by atoms with E-state index in [4.69, 9.17) is 21.5 Å². The third-order valence-corrected chi connectivity index (χ3v) is 4.64. The van der Waals surface area contributed by atoms with Gasteiger partial charge in [0.2, 0.25) is 10.0 Å². The van der Waals surface area contributed by atoms with Gasteiger partial charge in [0.1, 0.15) is 11.0 Å². The van der Waals surface area contributed by atoms with Gasteiger partial charge in [-0.05, 0) is 43.9 Å². The maximum atomic E-state index is 11.9. The molecule has 0 saturated heterocycles. The number of ether oxygens (including phenoxy) is 1. The van der Waals surface area contributed by atoms with Gasteiger partial charge in [0.15, 0.2) is 0 Å². The van der Waals surface area contributed by atoms with E-state index in [9.17, 15) is 13.2 Å². The first-order valence-corrected chi connectivity index (χ1v) is 7.75. The number of halogens is 1. The SMILES string of the molecule is Cc1cc(C(=O)OC2CCC2)cc(S(N)(=O)=O)c1Cl. The molecule has 1 aliphatic rings. The molecule has 1 aromatic rings. The Morgan fingerprint density at radius 2 is 2.05 bits per heavy atom. The van der Waals surface area contributed by atoms with Crippen molar-refractivity contribution in [3.05, 3.63) is 28.3 Å². The zero-order chi connectivity index (χ0) is 14.2. The molecule has 0 atom stereocenters. The van der Waals surface area contributed by atoms with Gasteiger partial charge in [0, 0.05) is 0 Å². The highest BCUT2D eigenvalue weighted by Crippen LogP contribution is 2.28. The lowest BCUT2D eigenvalue weighted by Gasteiger charge is -2.25. The Hall–Kier alpha value is -1.11. The molecule has 0 radical (unpaired) electrons. The number of benzene rings is 1. The highest BCUT2D eigenvalue weighted by Gasteiger charge is 2.24. The van der Waals surface area contributed by atoms with Gasteiger partial charge in [-0.15, -0.1) is 0 Å². The van der Waals surface area contributed by atoms with Gasteiger partial charge in [-0.3, -0.25) is 0 Å². The molecular formula is C12H14ClNO4S. The minimum atomic E-state index is -3.97. The van der Waals surface area contributed by atoms with E-state index >= 15 is 0 Å². The fourth-order valence-electron chi connectivity index (χ4n) is 1.77. The molecule has 1 aromatic carbocycles. The number of nitrogens with two attached hydrogens (primary N) is 1. The molecule has 0 spiro atoms. The number of aryl methyl sites for hydroxylation is 1. The molecule has 2 N–H and O–H groups in total. The summed E-state index contributed by atoms with van der Waals surface area (Å²) in [5, 5.41) is 5.10. The van der Waals surface area contributed by atoms with Crippen molar-refractivity contribution in [1.29, 1.82) is 0 Å². The topological polar surface area (TPSA) is 86.5 Å². The zero-order valence-electron chi connectivity index (χ0n) is 10.3. The summed E-state index contributed by atoms with van der Waals surface area (Å²) < 4.78 is 28.0. The van der Waals surface area contributed by atoms with Crippen molar-refractivity contribution >= 4 is 27.6 Å². The maximum absolute atomic E-state index is 11.9. The second kappa shape index (κ2) is 5.11. The summed E-state index contributed by atoms with van der Waals surface area (Å²) in [6, 6.07) is 2.66. The molecular weight excluding hydrogens is 290 g/mol. The highest BCUT2D eigenvalue weighted by molar-refractivity contribution is 7.89. The van der Waals surface area contributed by atoms with E-state index in [1.165, 1.54) is 6.07 Å². The minimum absolute atomic E-state index is 0.0303. The number of carbonyl (C=O) groups excluding carboxylic acids is 1. The Balaban J connectivity index is 2.36. The van der Waals surface area contributed by atoms with Gasteiger partial charge < -0.3 is 4.74 Å². The second-order valence-electron chi connectivity index (χ2n) is 4.61. The van der Waals surface area contributed by atoms with E-state index in [1.807, 2.05) is 0 Å². The Morgan fingerprint density at radius 1 is 1.42 bits per heavy atom. The van der Waals surface area contributed by atoms with Crippen molar-refractivity contribution in [3.63, 3.8) is 0 Å². The first-order chi connectivity index (χ1) is 8.79. The lowest BCUT2D eigenvalue weighted by atomic mass is 9.96. The van der Waals surface area contributed by atoms with Crippen molar-refractivity contribution in [2.45, 2.75) is 37.2 Å². The standard InChI is InChI=1S/C12H14ClNO4S/c1-7-5-8(12(15)18-9-3-2-4-9)6-10(11(7)13)19(14,16)17/h5-6,9H,2-4H2,1H3,(H2,14,16,17). The van der Waals surface area contributed by atoms with Gasteiger partial charge in [-0.2, -0.15) is 0 Å². The number of esters is 1. The van der Waals surface area contributed by atoms with Crippen LogP contribution in [0.3, 0.4) is 0 Å². The van der Waals surface area contributed by atoms with E-state index in [2.05, 4.69) is 0 Å². The van der Waals surface area contributed by atoms with Crippen LogP contribution in [0.4, 0.5) is 0 Å². The molecule has 7 heteroatoms. The summed E-state index contributed by atoms with van der Waals surface area (Å²) in [5.74, 6) is -0.547. The molecule has 2 rings (SSSR count). The number of sulfonamides is 1. The summed E-state index contributed by atoms with van der Waals surface area (Å²) in [6.07, 6.45) is 2.67. The molecule has 0 aliphatic heterocycles. The van der Waals surface area contributed by atoms with Crippen LogP contribution in [-0.4, -0.2) is 20.5 Å². The molecule has 0 unspecified atom stereocenters. The monoisotopic (exact) mass is 303 g/mol. The van der Waals surface area contributed by atoms with Crippen LogP contribution in [0.25, 0.3) is 0 Å². The van der Waals surface area contributed by atoms with Gasteiger partial charge in [-0.1, -0.05) is 11.6 Å². The second-order valence-corrected chi connectivity index (χ2v) is 6.52. The predicted molar refractivity (Wildman–Crippen MR) is 70.6 cm³/mol. The highest BCUT2D eigenvalue weighted by atomic mass is 35.5. The van der Waals surface area contributed by atoms with Crippen molar-refractivity contribution < 1.29 is 17.9 Å². The van der Waals surface area contributed by atoms with Crippen LogP contribution in [-0.2, 0) is 14.8 Å². The van der Waals surface area contributed by atoms with Gasteiger partial charge >= 0.3 is 5.97 Å². The fraction of sp³-hybridized carbons (Fsp3) is 0.417. The van der Waals surface area contributed by atoms with E-state index in [-0.39, 0.29) is 21.6 Å². The molecule has 1 aliphatic carbocycles. The first-order valence-electron chi connectivity index (χ1n) is 5.83. The number of primary sulfonamides is 1. The molecule has 1 fully saturated rings. The van der Waals surface area contributed by atoms with Crippen LogP contribution in [0.1, 0.15) is 35.2 Å². The van der Waals surface area contributed by atoms with Crippen LogP contribution in [0.5, 0.6) is 0 Å². The number of hydrogen-bond donors (Lipinski definition) is 1. The van der Waals surface area contributed by atoms with E-state index in [1.54, 1.807) is 6.92 Å². The zero-order valence-corrected chi connectivity index (χ0v) is 11.9. The summed E-state index contributed by atoms with van der Waals surface area (Å²) in [5.41, 5.74) is 0.617. The maximum Gasteiger partial charge on any atom is 0.338 e. The van der Waals surface area contributed by atoms with Crippen molar-refractivity contribution in [3.8, 4) is 0 Å². The molecule has 1 saturated carbocycles. The van der Waals surface area contributed by atoms with Gasteiger partial charge in [-0.25, -0.2) is 18.4 Å². The predicted octanol–water partition coefficient (Wildman–Crippen LogP) is 2.01. The van der Waals surface area contributed by atoms with Crippen LogP contribution >= 0.6 is 11.6 Å². The fourth-order valence-corrected chi connectivity index (χ4v) is 2.90. The lowest BCUT2D eigenvalue weighted by Crippen LogP contribution is -2.25. The smallest absolute Gasteiger partial charge is 0.338 e. The van der Waals surface area contributed by atoms with Crippen LogP contribution in [0.15, 0.2) is 17.0 Å². The Bertz CT molecular complexity index is 623. The number of carbonyl (C=O) groups is 1. The summed E-state index contributed by atoms with van der Waals surface area (Å²) in [7, 11) is -3.97. The average molecular weight is 304 g/mol. The normalized spacial score (nSPS) is 15.9. The Kier molecular flexibility index (Phi) is 3.85. The molecule has 0 heterocycles. The van der Waals surface area contributed by atoms with Gasteiger partial charge in [0.05, 0.1) is 10.6 Å². The summed E-state index contributed by atoms with van der Waals surface area (Å²) >= 11 is 5.89. The quantitative estimate of drug-likeness (QED) is 0.865. The lowest BCUT2D eigenvalue weighted by molar-refractivity contribution is 0.00897. The molecule has 0 aromatic heterocycles. The third-order valence-electron chi connectivity index (χ3n) is 3.09. The summed E-state index contributed by atoms with van der Waals surface area (Å²) in [4.78, 5) is 11.6. The Labute approximate surface area is 116 Å². The molecule has 19 heavy (non-hydrogen) atoms. The van der Waals surface area contributed by atoms with Crippen molar-refractivity contribution in [2.75, 3.05) is 0 Å².